The standard InChI is InChI=1S/C24H28N2O3S/c1-3-7-20-25-23-22(24(28)26(20)13-6-10-21(27)29-2)19(15-30-23)18-12-11-16-8-4-5-9-17(16)14-18/h11-12,14-15H,3-10,13H2,1-2H3. The van der Waals surface area contributed by atoms with Crippen molar-refractivity contribution in [2.75, 3.05) is 7.11 Å². The lowest BCUT2D eigenvalue weighted by Gasteiger charge is -2.16. The molecule has 1 aromatic carbocycles. The molecule has 1 aliphatic carbocycles. The van der Waals surface area contributed by atoms with Crippen molar-refractivity contribution in [2.45, 2.75) is 64.8 Å². The van der Waals surface area contributed by atoms with Crippen molar-refractivity contribution in [3.63, 3.8) is 0 Å². The molecule has 0 unspecified atom stereocenters. The molecule has 5 nitrogen and oxygen atoms in total. The van der Waals surface area contributed by atoms with Gasteiger partial charge in [0.2, 0.25) is 0 Å². The smallest absolute Gasteiger partial charge is 0.305 e. The van der Waals surface area contributed by atoms with Crippen LogP contribution in [0.3, 0.4) is 0 Å². The fourth-order valence-electron chi connectivity index (χ4n) is 4.31. The minimum absolute atomic E-state index is 0.00212. The number of ether oxygens (including phenoxy) is 1. The van der Waals surface area contributed by atoms with Crippen LogP contribution in [0.15, 0.2) is 28.4 Å². The second kappa shape index (κ2) is 9.13. The third kappa shape index (κ3) is 4.06. The van der Waals surface area contributed by atoms with Crippen molar-refractivity contribution in [1.82, 2.24) is 9.55 Å². The number of carbonyl (C=O) groups excluding carboxylic acids is 1. The number of carbonyl (C=O) groups is 1. The van der Waals surface area contributed by atoms with Crippen LogP contribution >= 0.6 is 11.3 Å². The van der Waals surface area contributed by atoms with Crippen LogP contribution in [0.5, 0.6) is 0 Å². The van der Waals surface area contributed by atoms with Gasteiger partial charge >= 0.3 is 5.97 Å². The van der Waals surface area contributed by atoms with Crippen molar-refractivity contribution < 1.29 is 9.53 Å². The molecule has 0 fully saturated rings. The Labute approximate surface area is 180 Å². The summed E-state index contributed by atoms with van der Waals surface area (Å²) in [4.78, 5) is 30.7. The maximum absolute atomic E-state index is 13.5. The molecule has 0 amide bonds. The Morgan fingerprint density at radius 3 is 2.80 bits per heavy atom. The molecule has 6 heteroatoms. The average Bonchev–Trinajstić information content (AvgIpc) is 3.19. The summed E-state index contributed by atoms with van der Waals surface area (Å²) < 4.78 is 6.50. The number of esters is 1. The summed E-state index contributed by atoms with van der Waals surface area (Å²) >= 11 is 1.54. The molecule has 0 atom stereocenters. The fraction of sp³-hybridized carbons (Fsp3) is 0.458. The molecule has 0 radical (unpaired) electrons. The second-order valence-electron chi connectivity index (χ2n) is 7.93. The Kier molecular flexibility index (Phi) is 6.32. The largest absolute Gasteiger partial charge is 0.469 e. The highest BCUT2D eigenvalue weighted by Gasteiger charge is 2.18. The summed E-state index contributed by atoms with van der Waals surface area (Å²) in [7, 11) is 1.39. The maximum Gasteiger partial charge on any atom is 0.305 e. The molecular formula is C24H28N2O3S. The van der Waals surface area contributed by atoms with Gasteiger partial charge in [0, 0.05) is 30.3 Å². The second-order valence-corrected chi connectivity index (χ2v) is 8.79. The van der Waals surface area contributed by atoms with E-state index in [1.54, 1.807) is 15.9 Å². The van der Waals surface area contributed by atoms with Crippen LogP contribution in [0.4, 0.5) is 0 Å². The predicted molar refractivity (Wildman–Crippen MR) is 121 cm³/mol. The van der Waals surface area contributed by atoms with Crippen molar-refractivity contribution in [3.05, 3.63) is 50.9 Å². The monoisotopic (exact) mass is 424 g/mol. The third-order valence-corrected chi connectivity index (χ3v) is 6.77. The zero-order chi connectivity index (χ0) is 21.1. The maximum atomic E-state index is 13.5. The molecule has 0 saturated heterocycles. The van der Waals surface area contributed by atoms with E-state index in [0.717, 1.165) is 47.5 Å². The Bertz CT molecular complexity index is 1130. The van der Waals surface area contributed by atoms with E-state index in [-0.39, 0.29) is 11.5 Å². The number of benzene rings is 1. The summed E-state index contributed by atoms with van der Waals surface area (Å²) in [6, 6.07) is 6.63. The average molecular weight is 425 g/mol. The number of fused-ring (bicyclic) bond motifs is 2. The normalized spacial score (nSPS) is 13.4. The number of nitrogens with zero attached hydrogens (tertiary/aromatic N) is 2. The zero-order valence-corrected chi connectivity index (χ0v) is 18.5. The van der Waals surface area contributed by atoms with Crippen LogP contribution in [0, 0.1) is 0 Å². The fourth-order valence-corrected chi connectivity index (χ4v) is 5.27. The van der Waals surface area contributed by atoms with Gasteiger partial charge in [-0.1, -0.05) is 25.1 Å². The topological polar surface area (TPSA) is 61.2 Å². The molecule has 0 N–H and O–H groups in total. The lowest BCUT2D eigenvalue weighted by Crippen LogP contribution is -2.25. The number of thiophene rings is 1. The summed E-state index contributed by atoms with van der Waals surface area (Å²) in [5, 5.41) is 2.77. The molecule has 0 aliphatic heterocycles. The summed E-state index contributed by atoms with van der Waals surface area (Å²) in [6.07, 6.45) is 7.27. The summed E-state index contributed by atoms with van der Waals surface area (Å²) in [5.41, 5.74) is 4.93. The van der Waals surface area contributed by atoms with E-state index in [4.69, 9.17) is 9.72 Å². The number of aryl methyl sites for hydroxylation is 3. The molecule has 158 valence electrons. The van der Waals surface area contributed by atoms with Crippen molar-refractivity contribution in [1.29, 1.82) is 0 Å². The van der Waals surface area contributed by atoms with Crippen LogP contribution in [-0.2, 0) is 35.3 Å². The van der Waals surface area contributed by atoms with E-state index in [9.17, 15) is 9.59 Å². The molecule has 0 saturated carbocycles. The molecule has 1 aliphatic rings. The van der Waals surface area contributed by atoms with Crippen LogP contribution in [0.1, 0.15) is 56.0 Å². The minimum atomic E-state index is -0.251. The molecule has 0 spiro atoms. The van der Waals surface area contributed by atoms with Gasteiger partial charge in [-0.05, 0) is 55.2 Å². The lowest BCUT2D eigenvalue weighted by molar-refractivity contribution is -0.140. The van der Waals surface area contributed by atoms with Gasteiger partial charge in [0.05, 0.1) is 12.5 Å². The van der Waals surface area contributed by atoms with Crippen LogP contribution < -0.4 is 5.56 Å². The first-order valence-corrected chi connectivity index (χ1v) is 11.7. The molecule has 2 heterocycles. The molecular weight excluding hydrogens is 396 g/mol. The van der Waals surface area contributed by atoms with E-state index in [1.807, 2.05) is 0 Å². The van der Waals surface area contributed by atoms with E-state index in [2.05, 4.69) is 30.5 Å². The van der Waals surface area contributed by atoms with Gasteiger partial charge in [0.25, 0.3) is 5.56 Å². The first kappa shape index (κ1) is 20.8. The summed E-state index contributed by atoms with van der Waals surface area (Å²) in [5.74, 6) is 0.554. The quantitative estimate of drug-likeness (QED) is 0.506. The van der Waals surface area contributed by atoms with Crippen LogP contribution in [0.2, 0.25) is 0 Å². The number of hydrogen-bond acceptors (Lipinski definition) is 5. The molecule has 0 bridgehead atoms. The molecule has 30 heavy (non-hydrogen) atoms. The Hall–Kier alpha value is -2.47. The highest BCUT2D eigenvalue weighted by atomic mass is 32.1. The van der Waals surface area contributed by atoms with Gasteiger partial charge in [0.1, 0.15) is 10.7 Å². The van der Waals surface area contributed by atoms with Crippen LogP contribution in [-0.4, -0.2) is 22.6 Å². The van der Waals surface area contributed by atoms with Gasteiger partial charge in [-0.2, -0.15) is 0 Å². The third-order valence-electron chi connectivity index (χ3n) is 5.90. The Morgan fingerprint density at radius 2 is 2.03 bits per heavy atom. The van der Waals surface area contributed by atoms with E-state index >= 15 is 0 Å². The number of rotatable bonds is 7. The Morgan fingerprint density at radius 1 is 1.23 bits per heavy atom. The van der Waals surface area contributed by atoms with Gasteiger partial charge < -0.3 is 4.74 Å². The number of methoxy groups -OCH3 is 1. The van der Waals surface area contributed by atoms with Gasteiger partial charge in [-0.3, -0.25) is 14.2 Å². The molecule has 4 rings (SSSR count). The highest BCUT2D eigenvalue weighted by molar-refractivity contribution is 7.17. The lowest BCUT2D eigenvalue weighted by atomic mass is 9.89. The first-order chi connectivity index (χ1) is 14.6. The Balaban J connectivity index is 1.76. The SMILES string of the molecule is CCCc1nc2scc(-c3ccc4c(c3)CCCC4)c2c(=O)n1CCCC(=O)OC. The number of hydrogen-bond donors (Lipinski definition) is 0. The van der Waals surface area contributed by atoms with Gasteiger partial charge in [-0.25, -0.2) is 4.98 Å². The van der Waals surface area contributed by atoms with Crippen molar-refractivity contribution in [3.8, 4) is 11.1 Å². The molecule has 3 aromatic rings. The van der Waals surface area contributed by atoms with Gasteiger partial charge in [-0.15, -0.1) is 11.3 Å². The van der Waals surface area contributed by atoms with Crippen LogP contribution in [0.25, 0.3) is 21.3 Å². The minimum Gasteiger partial charge on any atom is -0.469 e. The van der Waals surface area contributed by atoms with E-state index < -0.39 is 0 Å². The summed E-state index contributed by atoms with van der Waals surface area (Å²) in [6.45, 7) is 2.56. The van der Waals surface area contributed by atoms with Gasteiger partial charge in [0.15, 0.2) is 0 Å². The van der Waals surface area contributed by atoms with E-state index in [1.165, 1.54) is 31.1 Å². The van der Waals surface area contributed by atoms with E-state index in [0.29, 0.717) is 24.8 Å². The van der Waals surface area contributed by atoms with Crippen molar-refractivity contribution >= 4 is 27.5 Å². The predicted octanol–water partition coefficient (Wildman–Crippen LogP) is 4.91. The number of aromatic nitrogens is 2. The molecule has 2 aromatic heterocycles. The van der Waals surface area contributed by atoms with Crippen molar-refractivity contribution in [2.24, 2.45) is 0 Å². The zero-order valence-electron chi connectivity index (χ0n) is 17.7. The first-order valence-electron chi connectivity index (χ1n) is 10.8. The highest BCUT2D eigenvalue weighted by Crippen LogP contribution is 2.34.